The van der Waals surface area contributed by atoms with Crippen molar-refractivity contribution in [3.8, 4) is 5.75 Å². The van der Waals surface area contributed by atoms with Gasteiger partial charge in [-0.15, -0.1) is 0 Å². The summed E-state index contributed by atoms with van der Waals surface area (Å²) in [7, 11) is 6.58. The lowest BCUT2D eigenvalue weighted by molar-refractivity contribution is -0.146. The molecular weight excluding hydrogens is 644 g/mol. The van der Waals surface area contributed by atoms with Crippen LogP contribution < -0.4 is 31.3 Å². The molecule has 1 aromatic carbocycles. The van der Waals surface area contributed by atoms with Crippen LogP contribution in [0.4, 0.5) is 0 Å². The highest BCUT2D eigenvalue weighted by Gasteiger charge is 2.15. The van der Waals surface area contributed by atoms with Crippen LogP contribution in [0.15, 0.2) is 18.2 Å². The van der Waals surface area contributed by atoms with Crippen LogP contribution in [-0.2, 0) is 49.7 Å². The van der Waals surface area contributed by atoms with Crippen molar-refractivity contribution in [3.05, 3.63) is 29.3 Å². The molecule has 0 bridgehead atoms. The second-order valence-corrected chi connectivity index (χ2v) is 11.0. The lowest BCUT2D eigenvalue weighted by Gasteiger charge is -2.11. The Balaban J connectivity index is 2.18. The minimum atomic E-state index is -0.684. The van der Waals surface area contributed by atoms with Crippen LogP contribution in [0.5, 0.6) is 5.75 Å². The zero-order chi connectivity index (χ0) is 36.8. The summed E-state index contributed by atoms with van der Waals surface area (Å²) in [4.78, 5) is 109. The number of ether oxygens (including phenoxy) is 2. The quantitative estimate of drug-likeness (QED) is 0.0785. The summed E-state index contributed by atoms with van der Waals surface area (Å²) in [5.74, 6) is -3.90. The molecule has 1 rings (SSSR count). The van der Waals surface area contributed by atoms with E-state index in [0.717, 1.165) is 0 Å². The number of carbonyl (C=O) groups is 9. The number of hydrogen-bond donors (Lipinski definition) is 5. The first-order chi connectivity index (χ1) is 23.2. The predicted molar refractivity (Wildman–Crippen MR) is 174 cm³/mol. The molecule has 0 aliphatic carbocycles. The van der Waals surface area contributed by atoms with Gasteiger partial charge in [0.25, 0.3) is 5.91 Å². The average Bonchev–Trinajstić information content (AvgIpc) is 3.09. The number of rotatable bonds is 24. The molecule has 49 heavy (non-hydrogen) atoms. The molecule has 0 spiro atoms. The molecule has 0 unspecified atom stereocenters. The van der Waals surface area contributed by atoms with Crippen LogP contribution in [0.2, 0.25) is 0 Å². The highest BCUT2D eigenvalue weighted by Crippen LogP contribution is 2.21. The number of benzene rings is 1. The van der Waals surface area contributed by atoms with Gasteiger partial charge in [-0.1, -0.05) is 6.07 Å². The van der Waals surface area contributed by atoms with Gasteiger partial charge in [0.15, 0.2) is 11.6 Å². The molecule has 0 atom stereocenters. The van der Waals surface area contributed by atoms with E-state index in [1.807, 2.05) is 19.0 Å². The van der Waals surface area contributed by atoms with Gasteiger partial charge in [-0.3, -0.25) is 43.2 Å². The molecule has 0 heterocycles. The number of methoxy groups -OCH3 is 1. The number of carbonyl (C=O) groups excluding carboxylic acids is 9. The fourth-order valence-electron chi connectivity index (χ4n) is 3.83. The van der Waals surface area contributed by atoms with Gasteiger partial charge in [-0.2, -0.15) is 0 Å². The Hall–Kier alpha value is -5.19. The van der Waals surface area contributed by atoms with E-state index in [-0.39, 0.29) is 69.9 Å². The van der Waals surface area contributed by atoms with Crippen LogP contribution in [-0.4, -0.2) is 119 Å². The Morgan fingerprint density at radius 3 is 1.69 bits per heavy atom. The highest BCUT2D eigenvalue weighted by atomic mass is 16.5. The van der Waals surface area contributed by atoms with E-state index < -0.39 is 54.3 Å². The number of Topliss-reactive ketones (excluding diaryl/α,β-unsaturated/α-hetero) is 3. The summed E-state index contributed by atoms with van der Waals surface area (Å²) in [6, 6.07) is 4.64. The van der Waals surface area contributed by atoms with E-state index >= 15 is 0 Å². The number of hydrogen-bond acceptors (Lipinski definition) is 12. The van der Waals surface area contributed by atoms with Crippen molar-refractivity contribution in [3.63, 3.8) is 0 Å². The fourth-order valence-corrected chi connectivity index (χ4v) is 3.83. The van der Waals surface area contributed by atoms with E-state index in [0.29, 0.717) is 29.8 Å². The lowest BCUT2D eigenvalue weighted by atomic mass is 10.1. The SMILES string of the molecule is CNC(=O)c1ccc(COC(=O)CCC(=O)CNC(=O)CNC(=O)CNC(=O)CCC(=O)CNC(=O)CCC(=O)CCN(C)C)c(OC)c1. The van der Waals surface area contributed by atoms with E-state index in [1.165, 1.54) is 20.2 Å². The normalized spacial score (nSPS) is 10.4. The number of ketones is 3. The molecule has 0 fully saturated rings. The zero-order valence-corrected chi connectivity index (χ0v) is 28.4. The summed E-state index contributed by atoms with van der Waals surface area (Å²) in [6.45, 7) is -1.14. The van der Waals surface area contributed by atoms with Crippen LogP contribution in [0.25, 0.3) is 0 Å². The summed E-state index contributed by atoms with van der Waals surface area (Å²) >= 11 is 0. The summed E-state index contributed by atoms with van der Waals surface area (Å²) in [6.07, 6.45) is -0.441. The number of amides is 5. The van der Waals surface area contributed by atoms with Gasteiger partial charge in [-0.05, 0) is 26.2 Å². The average molecular weight is 691 g/mol. The first kappa shape index (κ1) is 41.8. The molecule has 5 N–H and O–H groups in total. The Bertz CT molecular complexity index is 1360. The van der Waals surface area contributed by atoms with E-state index in [1.54, 1.807) is 12.1 Å². The van der Waals surface area contributed by atoms with Gasteiger partial charge in [0.2, 0.25) is 23.6 Å². The van der Waals surface area contributed by atoms with Crippen LogP contribution >= 0.6 is 0 Å². The molecule has 0 aliphatic heterocycles. The number of nitrogens with one attached hydrogen (secondary N) is 5. The van der Waals surface area contributed by atoms with E-state index in [4.69, 9.17) is 9.47 Å². The molecule has 0 saturated carbocycles. The third-order valence-corrected chi connectivity index (χ3v) is 6.73. The topological polar surface area (TPSA) is 235 Å². The predicted octanol–water partition coefficient (Wildman–Crippen LogP) is -1.44. The maximum atomic E-state index is 12.1. The van der Waals surface area contributed by atoms with Gasteiger partial charge in [0, 0.05) is 63.2 Å². The van der Waals surface area contributed by atoms with Crippen molar-refractivity contribution in [1.82, 2.24) is 31.5 Å². The third-order valence-electron chi connectivity index (χ3n) is 6.73. The van der Waals surface area contributed by atoms with Crippen molar-refractivity contribution < 1.29 is 52.6 Å². The molecule has 1 aromatic rings. The summed E-state index contributed by atoms with van der Waals surface area (Å²) in [5.41, 5.74) is 0.892. The van der Waals surface area contributed by atoms with Crippen LogP contribution in [0.1, 0.15) is 60.9 Å². The van der Waals surface area contributed by atoms with Crippen LogP contribution in [0, 0.1) is 0 Å². The lowest BCUT2D eigenvalue weighted by Crippen LogP contribution is -2.43. The van der Waals surface area contributed by atoms with Gasteiger partial charge >= 0.3 is 5.97 Å². The largest absolute Gasteiger partial charge is 0.496 e. The summed E-state index contributed by atoms with van der Waals surface area (Å²) in [5, 5.41) is 11.8. The summed E-state index contributed by atoms with van der Waals surface area (Å²) < 4.78 is 10.4. The second kappa shape index (κ2) is 23.2. The molecule has 0 radical (unpaired) electrons. The molecule has 0 saturated heterocycles. The van der Waals surface area contributed by atoms with E-state index in [9.17, 15) is 43.2 Å². The minimum absolute atomic E-state index is 0.0304. The van der Waals surface area contributed by atoms with Crippen molar-refractivity contribution >= 4 is 52.9 Å². The molecule has 0 aliphatic rings. The minimum Gasteiger partial charge on any atom is -0.496 e. The van der Waals surface area contributed by atoms with Gasteiger partial charge in [0.05, 0.1) is 39.7 Å². The van der Waals surface area contributed by atoms with Gasteiger partial charge < -0.3 is 41.0 Å². The maximum absolute atomic E-state index is 12.1. The maximum Gasteiger partial charge on any atom is 0.306 e. The number of nitrogens with zero attached hydrogens (tertiary/aromatic N) is 1. The zero-order valence-electron chi connectivity index (χ0n) is 28.4. The number of esters is 1. The first-order valence-corrected chi connectivity index (χ1v) is 15.5. The first-order valence-electron chi connectivity index (χ1n) is 15.5. The molecular formula is C32H46N6O11. The Kier molecular flexibility index (Phi) is 19.8. The fraction of sp³-hybridized carbons (Fsp3) is 0.531. The molecule has 0 aromatic heterocycles. The molecule has 17 heteroatoms. The second-order valence-electron chi connectivity index (χ2n) is 11.0. The van der Waals surface area contributed by atoms with E-state index in [2.05, 4.69) is 26.6 Å². The van der Waals surface area contributed by atoms with Crippen molar-refractivity contribution in [2.75, 3.05) is 61.0 Å². The smallest absolute Gasteiger partial charge is 0.306 e. The van der Waals surface area contributed by atoms with Crippen LogP contribution in [0.3, 0.4) is 0 Å². The highest BCUT2D eigenvalue weighted by molar-refractivity contribution is 5.95. The Morgan fingerprint density at radius 1 is 0.633 bits per heavy atom. The Labute approximate surface area is 284 Å². The van der Waals surface area contributed by atoms with Crippen molar-refractivity contribution in [2.24, 2.45) is 0 Å². The molecule has 17 nitrogen and oxygen atoms in total. The van der Waals surface area contributed by atoms with Crippen molar-refractivity contribution in [2.45, 2.75) is 51.6 Å². The molecule has 5 amide bonds. The monoisotopic (exact) mass is 690 g/mol. The standard InChI is InChI=1S/C32H46N6O11/c1-33-32(47)21-5-6-22(26(15-21)48-4)20-49-31(46)12-9-25(41)17-35-29(44)19-37-30(45)18-36-28(43)11-8-24(40)16-34-27(42)10-7-23(39)13-14-38(2)3/h5-6,15H,7-14,16-20H2,1-4H3,(H,33,47)(H,34,42)(H,35,44)(H,36,43)(H,37,45). The van der Waals surface area contributed by atoms with Gasteiger partial charge in [0.1, 0.15) is 18.1 Å². The molecule has 270 valence electrons. The van der Waals surface area contributed by atoms with Crippen molar-refractivity contribution in [1.29, 1.82) is 0 Å². The Morgan fingerprint density at radius 2 is 1.14 bits per heavy atom. The third kappa shape index (κ3) is 19.3. The van der Waals surface area contributed by atoms with Gasteiger partial charge in [-0.25, -0.2) is 0 Å².